The Morgan fingerprint density at radius 3 is 2.76 bits per heavy atom. The molecule has 108 valence electrons. The van der Waals surface area contributed by atoms with Gasteiger partial charge in [-0.2, -0.15) is 0 Å². The molecule has 3 rings (SSSR count). The van der Waals surface area contributed by atoms with E-state index in [4.69, 9.17) is 4.74 Å². The number of fused-ring (bicyclic) bond motifs is 1. The van der Waals surface area contributed by atoms with Gasteiger partial charge in [-0.15, -0.1) is 11.8 Å². The van der Waals surface area contributed by atoms with Crippen LogP contribution >= 0.6 is 11.8 Å². The molecular formula is C18H18O2S. The van der Waals surface area contributed by atoms with Crippen LogP contribution in [0.1, 0.15) is 29.3 Å². The maximum Gasteiger partial charge on any atom is 0.166 e. The fraction of sp³-hybridized carbons (Fsp3) is 0.278. The first kappa shape index (κ1) is 14.2. The van der Waals surface area contributed by atoms with Gasteiger partial charge in [0, 0.05) is 16.6 Å². The Labute approximate surface area is 129 Å². The number of para-hydroxylation sites is 1. The molecule has 0 saturated heterocycles. The molecule has 1 aliphatic rings. The Balaban J connectivity index is 1.66. The van der Waals surface area contributed by atoms with Gasteiger partial charge in [-0.1, -0.05) is 37.3 Å². The third-order valence-electron chi connectivity index (χ3n) is 3.65. The fourth-order valence-electron chi connectivity index (χ4n) is 2.54. The van der Waals surface area contributed by atoms with Crippen LogP contribution in [-0.4, -0.2) is 17.6 Å². The van der Waals surface area contributed by atoms with Crippen LogP contribution in [0.15, 0.2) is 53.4 Å². The number of benzene rings is 2. The minimum Gasteiger partial charge on any atom is -0.492 e. The molecule has 0 aromatic heterocycles. The van der Waals surface area contributed by atoms with Crippen LogP contribution in [0.25, 0.3) is 0 Å². The highest BCUT2D eigenvalue weighted by Gasteiger charge is 2.22. The maximum absolute atomic E-state index is 11.9. The smallest absolute Gasteiger partial charge is 0.166 e. The summed E-state index contributed by atoms with van der Waals surface area (Å²) in [4.78, 5) is 13.3. The molecule has 0 aliphatic carbocycles. The lowest BCUT2D eigenvalue weighted by Crippen LogP contribution is -2.15. The van der Waals surface area contributed by atoms with E-state index in [1.807, 2.05) is 43.0 Å². The number of ether oxygens (including phenoxy) is 1. The van der Waals surface area contributed by atoms with Crippen molar-refractivity contribution < 1.29 is 9.53 Å². The molecule has 0 saturated carbocycles. The fourth-order valence-corrected chi connectivity index (χ4v) is 3.76. The number of rotatable bonds is 5. The second-order valence-electron chi connectivity index (χ2n) is 5.14. The molecule has 2 aromatic carbocycles. The molecule has 1 aliphatic heterocycles. The number of ketones is 1. The van der Waals surface area contributed by atoms with E-state index < -0.39 is 0 Å². The zero-order chi connectivity index (χ0) is 14.7. The molecule has 0 radical (unpaired) electrons. The second-order valence-corrected chi connectivity index (χ2v) is 6.48. The summed E-state index contributed by atoms with van der Waals surface area (Å²) in [5, 5.41) is 0.423. The van der Waals surface area contributed by atoms with E-state index >= 15 is 0 Å². The molecule has 1 atom stereocenters. The Morgan fingerprint density at radius 2 is 1.95 bits per heavy atom. The van der Waals surface area contributed by atoms with Gasteiger partial charge in [-0.3, -0.25) is 4.79 Å². The third-order valence-corrected chi connectivity index (χ3v) is 4.94. The zero-order valence-corrected chi connectivity index (χ0v) is 12.9. The Morgan fingerprint density at radius 1 is 1.19 bits per heavy atom. The Bertz CT molecular complexity index is 626. The SMILES string of the molecule is CCC(=O)c1ccccc1OCC1Cc2ccccc2S1. The Kier molecular flexibility index (Phi) is 4.30. The summed E-state index contributed by atoms with van der Waals surface area (Å²) in [6, 6.07) is 16.0. The normalized spacial score (nSPS) is 16.5. The summed E-state index contributed by atoms with van der Waals surface area (Å²) in [7, 11) is 0. The lowest BCUT2D eigenvalue weighted by molar-refractivity contribution is 0.0984. The number of carbonyl (C=O) groups excluding carboxylic acids is 1. The predicted molar refractivity (Wildman–Crippen MR) is 86.3 cm³/mol. The molecule has 2 nitrogen and oxygen atoms in total. The van der Waals surface area contributed by atoms with Crippen molar-refractivity contribution in [1.29, 1.82) is 0 Å². The highest BCUT2D eigenvalue weighted by Crippen LogP contribution is 2.37. The van der Waals surface area contributed by atoms with E-state index in [-0.39, 0.29) is 5.78 Å². The first-order valence-corrected chi connectivity index (χ1v) is 8.15. The summed E-state index contributed by atoms with van der Waals surface area (Å²) >= 11 is 1.87. The highest BCUT2D eigenvalue weighted by atomic mass is 32.2. The van der Waals surface area contributed by atoms with Gasteiger partial charge < -0.3 is 4.74 Å². The van der Waals surface area contributed by atoms with Crippen LogP contribution in [0.5, 0.6) is 5.75 Å². The quantitative estimate of drug-likeness (QED) is 0.766. The number of hydrogen-bond donors (Lipinski definition) is 0. The van der Waals surface area contributed by atoms with Crippen LogP contribution in [0, 0.1) is 0 Å². The topological polar surface area (TPSA) is 26.3 Å². The van der Waals surface area contributed by atoms with E-state index in [1.54, 1.807) is 0 Å². The predicted octanol–water partition coefficient (Wildman–Crippen LogP) is 4.38. The van der Waals surface area contributed by atoms with Crippen molar-refractivity contribution in [2.75, 3.05) is 6.61 Å². The van der Waals surface area contributed by atoms with Gasteiger partial charge in [-0.25, -0.2) is 0 Å². The van der Waals surface area contributed by atoms with Gasteiger partial charge in [0.25, 0.3) is 0 Å². The molecule has 21 heavy (non-hydrogen) atoms. The standard InChI is InChI=1S/C18H18O2S/c1-2-16(19)15-8-4-5-9-17(15)20-12-14-11-13-7-3-6-10-18(13)21-14/h3-10,14H,2,11-12H2,1H3. The van der Waals surface area contributed by atoms with Crippen molar-refractivity contribution in [2.45, 2.75) is 29.9 Å². The third kappa shape index (κ3) is 3.13. The Hall–Kier alpha value is -1.74. The summed E-state index contributed by atoms with van der Waals surface area (Å²) in [6.45, 7) is 2.51. The highest BCUT2D eigenvalue weighted by molar-refractivity contribution is 8.00. The van der Waals surface area contributed by atoms with Gasteiger partial charge in [0.05, 0.1) is 5.56 Å². The molecular weight excluding hydrogens is 280 g/mol. The van der Waals surface area contributed by atoms with E-state index in [0.717, 1.165) is 6.42 Å². The van der Waals surface area contributed by atoms with E-state index in [1.165, 1.54) is 10.5 Å². The van der Waals surface area contributed by atoms with E-state index in [2.05, 4.69) is 24.3 Å². The summed E-state index contributed by atoms with van der Waals surface area (Å²) < 4.78 is 5.93. The van der Waals surface area contributed by atoms with Crippen molar-refractivity contribution >= 4 is 17.5 Å². The van der Waals surface area contributed by atoms with Crippen molar-refractivity contribution in [3.05, 3.63) is 59.7 Å². The van der Waals surface area contributed by atoms with Crippen molar-refractivity contribution in [3.63, 3.8) is 0 Å². The van der Waals surface area contributed by atoms with Crippen LogP contribution in [0.3, 0.4) is 0 Å². The number of thioether (sulfide) groups is 1. The molecule has 0 bridgehead atoms. The molecule has 0 fully saturated rings. The molecule has 1 unspecified atom stereocenters. The van der Waals surface area contributed by atoms with E-state index in [0.29, 0.717) is 29.6 Å². The number of carbonyl (C=O) groups is 1. The van der Waals surface area contributed by atoms with Crippen LogP contribution in [0.4, 0.5) is 0 Å². The first-order valence-electron chi connectivity index (χ1n) is 7.27. The second kappa shape index (κ2) is 6.35. The van der Waals surface area contributed by atoms with Crippen molar-refractivity contribution in [3.8, 4) is 5.75 Å². The molecule has 0 amide bonds. The van der Waals surface area contributed by atoms with Crippen molar-refractivity contribution in [1.82, 2.24) is 0 Å². The van der Waals surface area contributed by atoms with E-state index in [9.17, 15) is 4.79 Å². The molecule has 2 aromatic rings. The van der Waals surface area contributed by atoms with Gasteiger partial charge in [-0.05, 0) is 30.2 Å². The van der Waals surface area contributed by atoms with Crippen molar-refractivity contribution in [2.24, 2.45) is 0 Å². The first-order chi connectivity index (χ1) is 10.3. The largest absolute Gasteiger partial charge is 0.492 e. The lowest BCUT2D eigenvalue weighted by atomic mass is 10.1. The summed E-state index contributed by atoms with van der Waals surface area (Å²) in [6.07, 6.45) is 1.54. The molecule has 3 heteroatoms. The summed E-state index contributed by atoms with van der Waals surface area (Å²) in [5.74, 6) is 0.842. The van der Waals surface area contributed by atoms with Crippen LogP contribution in [0.2, 0.25) is 0 Å². The molecule has 0 spiro atoms. The van der Waals surface area contributed by atoms with Gasteiger partial charge in [0.1, 0.15) is 12.4 Å². The number of hydrogen-bond acceptors (Lipinski definition) is 3. The average molecular weight is 298 g/mol. The van der Waals surface area contributed by atoms with Crippen LogP contribution in [-0.2, 0) is 6.42 Å². The molecule has 1 heterocycles. The summed E-state index contributed by atoms with van der Waals surface area (Å²) in [5.41, 5.74) is 2.09. The van der Waals surface area contributed by atoms with Gasteiger partial charge in [0.15, 0.2) is 5.78 Å². The van der Waals surface area contributed by atoms with Gasteiger partial charge >= 0.3 is 0 Å². The molecule has 0 N–H and O–H groups in total. The minimum atomic E-state index is 0.132. The van der Waals surface area contributed by atoms with Gasteiger partial charge in [0.2, 0.25) is 0 Å². The number of Topliss-reactive ketones (excluding diaryl/α,β-unsaturated/α-hetero) is 1. The van der Waals surface area contributed by atoms with Crippen LogP contribution < -0.4 is 4.74 Å². The zero-order valence-electron chi connectivity index (χ0n) is 12.0. The average Bonchev–Trinajstić information content (AvgIpc) is 2.95. The lowest BCUT2D eigenvalue weighted by Gasteiger charge is -2.13. The monoisotopic (exact) mass is 298 g/mol. The maximum atomic E-state index is 11.9. The minimum absolute atomic E-state index is 0.132.